The Labute approximate surface area is 112 Å². The second-order valence-electron chi connectivity index (χ2n) is 6.06. The average Bonchev–Trinajstić information content (AvgIpc) is 2.25. The maximum absolute atomic E-state index is 3.57. The van der Waals surface area contributed by atoms with Crippen molar-refractivity contribution in [2.45, 2.75) is 13.8 Å². The van der Waals surface area contributed by atoms with Gasteiger partial charge in [0.15, 0.2) is 0 Å². The number of quaternary nitrogens is 1. The summed E-state index contributed by atoms with van der Waals surface area (Å²) < 4.78 is 1.22. The SMILES string of the molecule is C/C(CBr)=C(/C)C[N+]12CN3CN(CN(C3)C1)C2. The fraction of sp³-hybridized carbons (Fsp3) is 0.833. The highest BCUT2D eigenvalue weighted by atomic mass is 79.9. The van der Waals surface area contributed by atoms with Crippen LogP contribution in [0.1, 0.15) is 13.8 Å². The van der Waals surface area contributed by atoms with Gasteiger partial charge in [0.1, 0.15) is 26.6 Å². The minimum atomic E-state index is 1.01. The Hall–Kier alpha value is 0.0600. The van der Waals surface area contributed by atoms with Crippen molar-refractivity contribution in [3.63, 3.8) is 0 Å². The molecule has 0 unspecified atom stereocenters. The van der Waals surface area contributed by atoms with E-state index in [1.54, 1.807) is 5.57 Å². The van der Waals surface area contributed by atoms with Crippen LogP contribution in [0.15, 0.2) is 11.1 Å². The molecule has 4 heterocycles. The lowest BCUT2D eigenvalue weighted by atomic mass is 10.1. The first-order valence-electron chi connectivity index (χ1n) is 6.34. The number of rotatable bonds is 3. The third-order valence-electron chi connectivity index (χ3n) is 4.20. The fourth-order valence-electron chi connectivity index (χ4n) is 3.56. The Balaban J connectivity index is 1.78. The maximum Gasteiger partial charge on any atom is 0.139 e. The molecule has 0 atom stereocenters. The number of hydrogen-bond donors (Lipinski definition) is 0. The van der Waals surface area contributed by atoms with Crippen LogP contribution in [0.25, 0.3) is 0 Å². The fourth-order valence-corrected chi connectivity index (χ4v) is 4.04. The van der Waals surface area contributed by atoms with Gasteiger partial charge in [-0.15, -0.1) is 0 Å². The second kappa shape index (κ2) is 4.31. The first-order valence-corrected chi connectivity index (χ1v) is 7.46. The summed E-state index contributed by atoms with van der Waals surface area (Å²) in [5.74, 6) is 0. The largest absolute Gasteiger partial charge is 0.282 e. The van der Waals surface area contributed by atoms with Crippen LogP contribution >= 0.6 is 15.9 Å². The second-order valence-corrected chi connectivity index (χ2v) is 6.62. The quantitative estimate of drug-likeness (QED) is 0.441. The Morgan fingerprint density at radius 1 is 0.941 bits per heavy atom. The van der Waals surface area contributed by atoms with Gasteiger partial charge < -0.3 is 0 Å². The van der Waals surface area contributed by atoms with Gasteiger partial charge in [-0.2, -0.15) is 0 Å². The molecule has 4 nitrogen and oxygen atoms in total. The van der Waals surface area contributed by atoms with Crippen molar-refractivity contribution in [2.24, 2.45) is 0 Å². The van der Waals surface area contributed by atoms with Gasteiger partial charge in [-0.3, -0.25) is 4.48 Å². The van der Waals surface area contributed by atoms with E-state index < -0.39 is 0 Å². The molecule has 0 amide bonds. The third kappa shape index (κ3) is 2.19. The molecular formula is C12H22BrN4+. The van der Waals surface area contributed by atoms with Gasteiger partial charge in [-0.25, -0.2) is 14.7 Å². The summed E-state index contributed by atoms with van der Waals surface area (Å²) in [4.78, 5) is 7.73. The minimum absolute atomic E-state index is 1.01. The molecular weight excluding hydrogens is 280 g/mol. The molecule has 4 saturated heterocycles. The van der Waals surface area contributed by atoms with E-state index in [1.165, 1.54) is 56.6 Å². The lowest BCUT2D eigenvalue weighted by molar-refractivity contribution is -0.976. The number of halogens is 1. The highest BCUT2D eigenvalue weighted by molar-refractivity contribution is 9.09. The molecule has 0 radical (unpaired) electrons. The van der Waals surface area contributed by atoms with Crippen molar-refractivity contribution in [1.82, 2.24) is 14.7 Å². The van der Waals surface area contributed by atoms with Crippen LogP contribution in [0.3, 0.4) is 0 Å². The maximum atomic E-state index is 3.57. The van der Waals surface area contributed by atoms with E-state index in [-0.39, 0.29) is 0 Å². The molecule has 4 aliphatic heterocycles. The van der Waals surface area contributed by atoms with Crippen molar-refractivity contribution in [1.29, 1.82) is 0 Å². The van der Waals surface area contributed by atoms with Crippen molar-refractivity contribution in [3.05, 3.63) is 11.1 Å². The summed E-state index contributed by atoms with van der Waals surface area (Å²) in [5, 5.41) is 1.01. The zero-order chi connectivity index (χ0) is 12.0. The molecule has 0 aromatic heterocycles. The molecule has 0 aliphatic carbocycles. The average molecular weight is 302 g/mol. The van der Waals surface area contributed by atoms with Gasteiger partial charge in [0, 0.05) is 5.33 Å². The lowest BCUT2D eigenvalue weighted by Gasteiger charge is -2.60. The molecule has 4 bridgehead atoms. The molecule has 0 aromatic rings. The Morgan fingerprint density at radius 2 is 1.41 bits per heavy atom. The van der Waals surface area contributed by atoms with Gasteiger partial charge in [0.25, 0.3) is 0 Å². The molecule has 0 saturated carbocycles. The molecule has 96 valence electrons. The van der Waals surface area contributed by atoms with Crippen molar-refractivity contribution in [2.75, 3.05) is 51.9 Å². The monoisotopic (exact) mass is 301 g/mol. The van der Waals surface area contributed by atoms with Crippen LogP contribution in [0.2, 0.25) is 0 Å². The molecule has 4 aliphatic rings. The van der Waals surface area contributed by atoms with Crippen LogP contribution in [0, 0.1) is 0 Å². The van der Waals surface area contributed by atoms with Crippen LogP contribution in [0.5, 0.6) is 0 Å². The van der Waals surface area contributed by atoms with Crippen LogP contribution in [-0.2, 0) is 0 Å². The van der Waals surface area contributed by atoms with Crippen LogP contribution < -0.4 is 0 Å². The van der Waals surface area contributed by atoms with Crippen molar-refractivity contribution in [3.8, 4) is 0 Å². The van der Waals surface area contributed by atoms with Gasteiger partial charge >= 0.3 is 0 Å². The minimum Gasteiger partial charge on any atom is -0.282 e. The van der Waals surface area contributed by atoms with E-state index in [9.17, 15) is 0 Å². The first kappa shape index (κ1) is 12.1. The molecule has 17 heavy (non-hydrogen) atoms. The summed E-state index contributed by atoms with van der Waals surface area (Å²) in [5.41, 5.74) is 3.06. The molecule has 4 rings (SSSR count). The Bertz CT molecular complexity index is 317. The molecule has 0 aromatic carbocycles. The van der Waals surface area contributed by atoms with E-state index in [0.717, 1.165) is 5.33 Å². The van der Waals surface area contributed by atoms with Gasteiger partial charge in [0.2, 0.25) is 0 Å². The third-order valence-corrected chi connectivity index (χ3v) is 5.04. The van der Waals surface area contributed by atoms with E-state index in [1.807, 2.05) is 0 Å². The Morgan fingerprint density at radius 3 is 1.82 bits per heavy atom. The zero-order valence-corrected chi connectivity index (χ0v) is 12.4. The Kier molecular flexibility index (Phi) is 3.07. The van der Waals surface area contributed by atoms with E-state index in [4.69, 9.17) is 0 Å². The zero-order valence-electron chi connectivity index (χ0n) is 10.8. The molecule has 4 fully saturated rings. The summed E-state index contributed by atoms with van der Waals surface area (Å²) in [7, 11) is 0. The molecule has 5 heteroatoms. The van der Waals surface area contributed by atoms with E-state index in [2.05, 4.69) is 44.5 Å². The summed E-state index contributed by atoms with van der Waals surface area (Å²) in [6.45, 7) is 13.0. The summed E-state index contributed by atoms with van der Waals surface area (Å²) in [6.07, 6.45) is 0. The van der Waals surface area contributed by atoms with Gasteiger partial charge in [0.05, 0.1) is 20.0 Å². The lowest BCUT2D eigenvalue weighted by Crippen LogP contribution is -2.79. The predicted molar refractivity (Wildman–Crippen MR) is 72.0 cm³/mol. The highest BCUT2D eigenvalue weighted by Gasteiger charge is 2.48. The number of nitrogens with zero attached hydrogens (tertiary/aromatic N) is 4. The van der Waals surface area contributed by atoms with Crippen LogP contribution in [0.4, 0.5) is 0 Å². The summed E-state index contributed by atoms with van der Waals surface area (Å²) in [6, 6.07) is 0. The van der Waals surface area contributed by atoms with Gasteiger partial charge in [-0.1, -0.05) is 21.5 Å². The molecule has 0 N–H and O–H groups in total. The summed E-state index contributed by atoms with van der Waals surface area (Å²) >= 11 is 3.57. The molecule has 0 spiro atoms. The van der Waals surface area contributed by atoms with Crippen molar-refractivity contribution < 1.29 is 4.48 Å². The van der Waals surface area contributed by atoms with E-state index >= 15 is 0 Å². The standard InChI is InChI=1S/C12H22BrN4/c1-11(3-13)12(2)4-17-8-14-5-15(9-17)7-16(6-14)10-17/h3-10H2,1-2H3/q+1/b12-11+. The van der Waals surface area contributed by atoms with Crippen LogP contribution in [-0.4, -0.2) is 71.1 Å². The number of hydrogen-bond acceptors (Lipinski definition) is 3. The van der Waals surface area contributed by atoms with E-state index in [0.29, 0.717) is 0 Å². The normalized spacial score (nSPS) is 45.0. The highest BCUT2D eigenvalue weighted by Crippen LogP contribution is 2.30. The van der Waals surface area contributed by atoms with Gasteiger partial charge in [-0.05, 0) is 19.4 Å². The first-order chi connectivity index (χ1) is 8.10. The topological polar surface area (TPSA) is 9.72 Å². The number of alkyl halides is 1. The number of allylic oxidation sites excluding steroid dienone is 1. The predicted octanol–water partition coefficient (Wildman–Crippen LogP) is 1.23. The smallest absolute Gasteiger partial charge is 0.139 e. The van der Waals surface area contributed by atoms with Crippen molar-refractivity contribution >= 4 is 15.9 Å².